The zero-order valence-corrected chi connectivity index (χ0v) is 34.1. The zero-order valence-electron chi connectivity index (χ0n) is 34.1. The van der Waals surface area contributed by atoms with E-state index in [4.69, 9.17) is 8.83 Å². The van der Waals surface area contributed by atoms with Gasteiger partial charge >= 0.3 is 0 Å². The van der Waals surface area contributed by atoms with Crippen LogP contribution in [-0.4, -0.2) is 4.57 Å². The molecule has 0 atom stereocenters. The maximum Gasteiger partial charge on any atom is 0.143 e. The highest BCUT2D eigenvalue weighted by atomic mass is 16.3. The third kappa shape index (κ3) is 5.75. The van der Waals surface area contributed by atoms with Gasteiger partial charge in [0.2, 0.25) is 0 Å². The lowest BCUT2D eigenvalue weighted by Gasteiger charge is -2.13. The van der Waals surface area contributed by atoms with E-state index in [9.17, 15) is 0 Å². The van der Waals surface area contributed by atoms with Gasteiger partial charge in [-0.3, -0.25) is 0 Å². The SMILES string of the molecule is c1ccc(-c2cc(-c3ccccc3)cc(-c3ccc(-n4c5ccc(-c6cccc7c6oc6ccccc67)cc5c5cc(-c6cccc7c6oc6ccccc67)ccc54)cc3)c2)cc1. The molecule has 294 valence electrons. The summed E-state index contributed by atoms with van der Waals surface area (Å²) in [4.78, 5) is 0. The van der Waals surface area contributed by atoms with Gasteiger partial charge in [-0.15, -0.1) is 0 Å². The number of hydrogen-bond acceptors (Lipinski definition) is 2. The molecule has 0 bridgehead atoms. The van der Waals surface area contributed by atoms with Crippen LogP contribution in [0.4, 0.5) is 0 Å². The number of benzene rings is 10. The van der Waals surface area contributed by atoms with Crippen molar-refractivity contribution in [3.05, 3.63) is 224 Å². The van der Waals surface area contributed by atoms with Crippen molar-refractivity contribution in [1.82, 2.24) is 4.57 Å². The Bertz CT molecular complexity index is 3660. The lowest BCUT2D eigenvalue weighted by molar-refractivity contribution is 0.669. The van der Waals surface area contributed by atoms with E-state index in [0.29, 0.717) is 0 Å². The fourth-order valence-electron chi connectivity index (χ4n) is 9.78. The molecule has 63 heavy (non-hydrogen) atoms. The fraction of sp³-hybridized carbons (Fsp3) is 0. The quantitative estimate of drug-likeness (QED) is 0.168. The molecule has 0 spiro atoms. The first-order chi connectivity index (χ1) is 31.2. The molecule has 0 unspecified atom stereocenters. The molecule has 0 aliphatic heterocycles. The molecule has 0 aliphatic carbocycles. The van der Waals surface area contributed by atoms with Crippen LogP contribution in [0.2, 0.25) is 0 Å². The van der Waals surface area contributed by atoms with E-state index in [-0.39, 0.29) is 0 Å². The minimum absolute atomic E-state index is 0.897. The van der Waals surface area contributed by atoms with Gasteiger partial charge in [0.15, 0.2) is 0 Å². The Labute approximate surface area is 363 Å². The Kier molecular flexibility index (Phi) is 7.91. The molecule has 0 aliphatic rings. The summed E-state index contributed by atoms with van der Waals surface area (Å²) in [5.74, 6) is 0. The van der Waals surface area contributed by atoms with Gasteiger partial charge in [0.25, 0.3) is 0 Å². The highest BCUT2D eigenvalue weighted by Crippen LogP contribution is 2.43. The van der Waals surface area contributed by atoms with Crippen LogP contribution in [0, 0.1) is 0 Å². The minimum atomic E-state index is 0.897. The van der Waals surface area contributed by atoms with Gasteiger partial charge < -0.3 is 13.4 Å². The van der Waals surface area contributed by atoms with Crippen molar-refractivity contribution in [3.63, 3.8) is 0 Å². The van der Waals surface area contributed by atoms with Gasteiger partial charge in [0.1, 0.15) is 22.3 Å². The Balaban J connectivity index is 0.993. The highest BCUT2D eigenvalue weighted by molar-refractivity contribution is 6.15. The Morgan fingerprint density at radius 3 is 1.13 bits per heavy atom. The molecule has 0 radical (unpaired) electrons. The molecular weight excluding hydrogens is 767 g/mol. The summed E-state index contributed by atoms with van der Waals surface area (Å²) in [5.41, 5.74) is 18.5. The minimum Gasteiger partial charge on any atom is -0.455 e. The molecule has 0 amide bonds. The molecule has 0 saturated heterocycles. The Morgan fingerprint density at radius 1 is 0.254 bits per heavy atom. The maximum absolute atomic E-state index is 6.55. The van der Waals surface area contributed by atoms with Crippen LogP contribution in [0.3, 0.4) is 0 Å². The van der Waals surface area contributed by atoms with Crippen LogP contribution in [0.25, 0.3) is 127 Å². The number of nitrogens with zero attached hydrogens (tertiary/aromatic N) is 1. The first-order valence-corrected chi connectivity index (χ1v) is 21.5. The molecule has 0 fully saturated rings. The molecule has 10 aromatic carbocycles. The molecule has 0 N–H and O–H groups in total. The summed E-state index contributed by atoms with van der Waals surface area (Å²) in [6.07, 6.45) is 0. The molecule has 13 aromatic rings. The zero-order chi connectivity index (χ0) is 41.4. The van der Waals surface area contributed by atoms with E-state index in [1.807, 2.05) is 24.3 Å². The van der Waals surface area contributed by atoms with Gasteiger partial charge in [-0.2, -0.15) is 0 Å². The number of para-hydroxylation sites is 4. The smallest absolute Gasteiger partial charge is 0.143 e. The molecule has 3 heterocycles. The fourth-order valence-corrected chi connectivity index (χ4v) is 9.78. The normalized spacial score (nSPS) is 11.8. The second-order valence-corrected chi connectivity index (χ2v) is 16.4. The highest BCUT2D eigenvalue weighted by Gasteiger charge is 2.19. The van der Waals surface area contributed by atoms with Gasteiger partial charge in [-0.25, -0.2) is 0 Å². The van der Waals surface area contributed by atoms with Gasteiger partial charge in [0.05, 0.1) is 11.0 Å². The van der Waals surface area contributed by atoms with Crippen molar-refractivity contribution in [2.75, 3.05) is 0 Å². The summed E-state index contributed by atoms with van der Waals surface area (Å²) in [6, 6.07) is 80.5. The maximum atomic E-state index is 6.55. The van der Waals surface area contributed by atoms with Crippen LogP contribution >= 0.6 is 0 Å². The molecule has 0 saturated carbocycles. The van der Waals surface area contributed by atoms with E-state index in [1.165, 1.54) is 38.6 Å². The van der Waals surface area contributed by atoms with Crippen molar-refractivity contribution in [3.8, 4) is 61.3 Å². The molecule has 13 rings (SSSR count). The summed E-state index contributed by atoms with van der Waals surface area (Å²) >= 11 is 0. The molecule has 3 heteroatoms. The monoisotopic (exact) mass is 803 g/mol. The average Bonchev–Trinajstić information content (AvgIpc) is 4.04. The van der Waals surface area contributed by atoms with Crippen LogP contribution in [0.1, 0.15) is 0 Å². The third-order valence-corrected chi connectivity index (χ3v) is 12.8. The summed E-state index contributed by atoms with van der Waals surface area (Å²) in [5, 5.41) is 6.84. The Morgan fingerprint density at radius 2 is 0.651 bits per heavy atom. The van der Waals surface area contributed by atoms with Crippen LogP contribution in [0.5, 0.6) is 0 Å². The lowest BCUT2D eigenvalue weighted by Crippen LogP contribution is -1.94. The standard InChI is InChI=1S/C60H37NO2/c1-3-13-38(14-4-1)43-33-44(39-15-5-2-6-16-39)35-45(34-43)40-25-29-46(30-26-40)61-55-31-27-41(47-19-11-21-51-49-17-7-9-23-57(49)62-59(47)51)36-53(55)54-37-42(28-32-56(54)61)48-20-12-22-52-50-18-8-10-24-58(50)63-60(48)52/h1-37H. The predicted molar refractivity (Wildman–Crippen MR) is 263 cm³/mol. The third-order valence-electron chi connectivity index (χ3n) is 12.8. The lowest BCUT2D eigenvalue weighted by atomic mass is 9.93. The second-order valence-electron chi connectivity index (χ2n) is 16.4. The van der Waals surface area contributed by atoms with Crippen molar-refractivity contribution in [2.45, 2.75) is 0 Å². The van der Waals surface area contributed by atoms with Gasteiger partial charge in [0, 0.05) is 49.1 Å². The van der Waals surface area contributed by atoms with Crippen molar-refractivity contribution < 1.29 is 8.83 Å². The molecule has 3 nitrogen and oxygen atoms in total. The van der Waals surface area contributed by atoms with Crippen LogP contribution in [0.15, 0.2) is 233 Å². The topological polar surface area (TPSA) is 31.2 Å². The Hall–Kier alpha value is -8.40. The largest absolute Gasteiger partial charge is 0.455 e. The number of rotatable bonds is 6. The molecule has 3 aromatic heterocycles. The van der Waals surface area contributed by atoms with Crippen molar-refractivity contribution >= 4 is 65.7 Å². The number of hydrogen-bond donors (Lipinski definition) is 0. The van der Waals surface area contributed by atoms with Gasteiger partial charge in [-0.05, 0) is 111 Å². The van der Waals surface area contributed by atoms with Gasteiger partial charge in [-0.1, -0.05) is 158 Å². The number of furan rings is 2. The first-order valence-electron chi connectivity index (χ1n) is 21.5. The summed E-state index contributed by atoms with van der Waals surface area (Å²) in [6.45, 7) is 0. The summed E-state index contributed by atoms with van der Waals surface area (Å²) < 4.78 is 15.5. The van der Waals surface area contributed by atoms with E-state index in [0.717, 1.165) is 88.4 Å². The van der Waals surface area contributed by atoms with E-state index in [2.05, 4.69) is 205 Å². The molecular formula is C60H37NO2. The van der Waals surface area contributed by atoms with Crippen LogP contribution in [-0.2, 0) is 0 Å². The van der Waals surface area contributed by atoms with Crippen LogP contribution < -0.4 is 0 Å². The summed E-state index contributed by atoms with van der Waals surface area (Å²) in [7, 11) is 0. The predicted octanol–water partition coefficient (Wildman–Crippen LogP) is 16.9. The first kappa shape index (κ1) is 35.4. The average molecular weight is 804 g/mol. The second kappa shape index (κ2) is 14.1. The van der Waals surface area contributed by atoms with Crippen molar-refractivity contribution in [1.29, 1.82) is 0 Å². The van der Waals surface area contributed by atoms with Crippen molar-refractivity contribution in [2.24, 2.45) is 0 Å². The van der Waals surface area contributed by atoms with E-state index in [1.54, 1.807) is 0 Å². The number of fused-ring (bicyclic) bond motifs is 9. The number of aromatic nitrogens is 1. The van der Waals surface area contributed by atoms with E-state index < -0.39 is 0 Å². The van der Waals surface area contributed by atoms with E-state index >= 15 is 0 Å².